The van der Waals surface area contributed by atoms with Crippen molar-refractivity contribution in [2.45, 2.75) is 26.7 Å². The summed E-state index contributed by atoms with van der Waals surface area (Å²) in [6, 6.07) is 5.25. The zero-order chi connectivity index (χ0) is 21.1. The Bertz CT molecular complexity index is 1020. The summed E-state index contributed by atoms with van der Waals surface area (Å²) < 4.78 is 10.3. The third-order valence-electron chi connectivity index (χ3n) is 4.78. The second kappa shape index (κ2) is 8.22. The molecule has 8 heteroatoms. The lowest BCUT2D eigenvalue weighted by atomic mass is 10.0. The maximum Gasteiger partial charge on any atom is 0.355 e. The van der Waals surface area contributed by atoms with Crippen molar-refractivity contribution in [1.29, 1.82) is 0 Å². The first-order chi connectivity index (χ1) is 13.8. The molecule has 1 aromatic carbocycles. The molecule has 29 heavy (non-hydrogen) atoms. The highest BCUT2D eigenvalue weighted by Crippen LogP contribution is 2.36. The lowest BCUT2D eigenvalue weighted by molar-refractivity contribution is -0.137. The number of aliphatic carboxylic acids is 1. The second-order valence-electron chi connectivity index (χ2n) is 6.56. The smallest absolute Gasteiger partial charge is 0.355 e. The number of carbonyl (C=O) groups is 3. The fourth-order valence-corrected chi connectivity index (χ4v) is 3.33. The number of ether oxygens (including phenoxy) is 2. The molecule has 0 bridgehead atoms. The zero-order valence-electron chi connectivity index (χ0n) is 16.4. The number of aromatic nitrogens is 1. The number of benzene rings is 1. The van der Waals surface area contributed by atoms with Gasteiger partial charge in [0.2, 0.25) is 0 Å². The molecule has 152 valence electrons. The number of methoxy groups -OCH3 is 1. The molecule has 3 N–H and O–H groups in total. The van der Waals surface area contributed by atoms with Crippen molar-refractivity contribution in [3.8, 4) is 5.75 Å². The Hall–Kier alpha value is -3.55. The summed E-state index contributed by atoms with van der Waals surface area (Å²) in [7, 11) is 1.54. The molecule has 1 aliphatic heterocycles. The topological polar surface area (TPSA) is 118 Å². The first-order valence-corrected chi connectivity index (χ1v) is 9.17. The molecule has 0 saturated carbocycles. The van der Waals surface area contributed by atoms with Gasteiger partial charge >= 0.3 is 11.9 Å². The normalized spacial score (nSPS) is 13.9. The molecule has 0 unspecified atom stereocenters. The Morgan fingerprint density at radius 2 is 2.03 bits per heavy atom. The van der Waals surface area contributed by atoms with Crippen LogP contribution in [0.15, 0.2) is 18.2 Å². The van der Waals surface area contributed by atoms with Crippen LogP contribution in [0.25, 0.3) is 11.6 Å². The third kappa shape index (κ3) is 4.01. The number of nitrogens with one attached hydrogen (secondary N) is 2. The fourth-order valence-electron chi connectivity index (χ4n) is 3.33. The van der Waals surface area contributed by atoms with Crippen molar-refractivity contribution >= 4 is 35.2 Å². The van der Waals surface area contributed by atoms with E-state index in [4.69, 9.17) is 14.6 Å². The molecule has 0 atom stereocenters. The highest BCUT2D eigenvalue weighted by Gasteiger charge is 2.26. The number of fused-ring (bicyclic) bond motifs is 1. The molecular formula is C21H22N2O6. The number of H-pyrrole nitrogens is 1. The average Bonchev–Trinajstić information content (AvgIpc) is 3.16. The molecule has 0 aliphatic carbocycles. The lowest BCUT2D eigenvalue weighted by Gasteiger charge is -2.04. The minimum atomic E-state index is -0.946. The fraction of sp³-hybridized carbons (Fsp3) is 0.286. The highest BCUT2D eigenvalue weighted by molar-refractivity contribution is 6.35. The van der Waals surface area contributed by atoms with E-state index in [9.17, 15) is 14.4 Å². The van der Waals surface area contributed by atoms with Crippen LogP contribution < -0.4 is 10.1 Å². The minimum absolute atomic E-state index is 0.100. The van der Waals surface area contributed by atoms with Crippen molar-refractivity contribution < 1.29 is 29.0 Å². The Kier molecular flexibility index (Phi) is 5.72. The van der Waals surface area contributed by atoms with Gasteiger partial charge in [0.1, 0.15) is 11.4 Å². The summed E-state index contributed by atoms with van der Waals surface area (Å²) in [4.78, 5) is 38.9. The van der Waals surface area contributed by atoms with Crippen LogP contribution in [0.1, 0.15) is 46.2 Å². The van der Waals surface area contributed by atoms with Crippen molar-refractivity contribution in [2.75, 3.05) is 19.0 Å². The maximum absolute atomic E-state index is 12.5. The summed E-state index contributed by atoms with van der Waals surface area (Å²) in [6.07, 6.45) is 1.75. The Balaban J connectivity index is 2.08. The number of carboxylic acid groups (broad SMARTS) is 1. The molecule has 1 aliphatic rings. The van der Waals surface area contributed by atoms with E-state index < -0.39 is 11.9 Å². The molecule has 8 nitrogen and oxygen atoms in total. The summed E-state index contributed by atoms with van der Waals surface area (Å²) in [5.74, 6) is -1.14. The van der Waals surface area contributed by atoms with Crippen LogP contribution in [0.2, 0.25) is 0 Å². The van der Waals surface area contributed by atoms with Crippen LogP contribution in [0, 0.1) is 6.92 Å². The molecule has 1 amide bonds. The van der Waals surface area contributed by atoms with E-state index in [2.05, 4.69) is 10.3 Å². The predicted octanol–water partition coefficient (Wildman–Crippen LogP) is 3.02. The van der Waals surface area contributed by atoms with Crippen molar-refractivity contribution in [3.05, 3.63) is 46.3 Å². The Labute approximate surface area is 167 Å². The molecule has 2 heterocycles. The zero-order valence-corrected chi connectivity index (χ0v) is 16.4. The van der Waals surface area contributed by atoms with Crippen molar-refractivity contribution in [2.24, 2.45) is 0 Å². The number of hydrogen-bond donors (Lipinski definition) is 3. The van der Waals surface area contributed by atoms with Crippen LogP contribution >= 0.6 is 0 Å². The number of rotatable bonds is 7. The average molecular weight is 398 g/mol. The van der Waals surface area contributed by atoms with Gasteiger partial charge in [-0.25, -0.2) is 4.79 Å². The van der Waals surface area contributed by atoms with Gasteiger partial charge in [0.05, 0.1) is 25.0 Å². The Morgan fingerprint density at radius 3 is 2.69 bits per heavy atom. The van der Waals surface area contributed by atoms with Crippen molar-refractivity contribution in [3.63, 3.8) is 0 Å². The van der Waals surface area contributed by atoms with Gasteiger partial charge in [-0.3, -0.25) is 9.59 Å². The van der Waals surface area contributed by atoms with Crippen LogP contribution in [0.5, 0.6) is 5.75 Å². The van der Waals surface area contributed by atoms with Gasteiger partial charge in [-0.2, -0.15) is 0 Å². The highest BCUT2D eigenvalue weighted by atomic mass is 16.5. The summed E-state index contributed by atoms with van der Waals surface area (Å²) in [5, 5.41) is 11.9. The van der Waals surface area contributed by atoms with E-state index in [1.807, 2.05) is 0 Å². The largest absolute Gasteiger partial charge is 0.497 e. The maximum atomic E-state index is 12.5. The Morgan fingerprint density at radius 1 is 1.28 bits per heavy atom. The van der Waals surface area contributed by atoms with E-state index in [1.165, 1.54) is 0 Å². The number of anilines is 1. The molecule has 2 aromatic rings. The number of esters is 1. The van der Waals surface area contributed by atoms with Crippen LogP contribution in [-0.4, -0.2) is 41.7 Å². The van der Waals surface area contributed by atoms with Gasteiger partial charge in [0, 0.05) is 23.7 Å². The summed E-state index contributed by atoms with van der Waals surface area (Å²) in [5.41, 5.74) is 3.79. The van der Waals surface area contributed by atoms with Crippen LogP contribution in [-0.2, 0) is 20.7 Å². The molecule has 1 aromatic heterocycles. The predicted molar refractivity (Wildman–Crippen MR) is 107 cm³/mol. The molecule has 0 saturated heterocycles. The van der Waals surface area contributed by atoms with Gasteiger partial charge in [-0.15, -0.1) is 0 Å². The number of aromatic amines is 1. The van der Waals surface area contributed by atoms with Gasteiger partial charge in [-0.05, 0) is 49.6 Å². The SMILES string of the molecule is CCOC(=O)c1[nH]c(C=C2C(=O)Nc3cc(OC)ccc32)c(CCC(=O)O)c1C. The van der Waals surface area contributed by atoms with E-state index >= 15 is 0 Å². The lowest BCUT2D eigenvalue weighted by Crippen LogP contribution is -2.07. The molecule has 0 radical (unpaired) electrons. The summed E-state index contributed by atoms with van der Waals surface area (Å²) in [6.45, 7) is 3.66. The van der Waals surface area contributed by atoms with Crippen LogP contribution in [0.4, 0.5) is 5.69 Å². The van der Waals surface area contributed by atoms with E-state index in [1.54, 1.807) is 45.2 Å². The first kappa shape index (κ1) is 20.2. The van der Waals surface area contributed by atoms with Crippen molar-refractivity contribution in [1.82, 2.24) is 4.98 Å². The van der Waals surface area contributed by atoms with E-state index in [-0.39, 0.29) is 31.0 Å². The third-order valence-corrected chi connectivity index (χ3v) is 4.78. The molecule has 0 fully saturated rings. The van der Waals surface area contributed by atoms with E-state index in [0.29, 0.717) is 39.4 Å². The second-order valence-corrected chi connectivity index (χ2v) is 6.56. The number of hydrogen-bond acceptors (Lipinski definition) is 5. The molecule has 0 spiro atoms. The number of carboxylic acids is 1. The number of amides is 1. The quantitative estimate of drug-likeness (QED) is 0.487. The first-order valence-electron chi connectivity index (χ1n) is 9.17. The minimum Gasteiger partial charge on any atom is -0.497 e. The van der Waals surface area contributed by atoms with Crippen LogP contribution in [0.3, 0.4) is 0 Å². The molecular weight excluding hydrogens is 376 g/mol. The van der Waals surface area contributed by atoms with E-state index in [0.717, 1.165) is 0 Å². The van der Waals surface area contributed by atoms with Gasteiger partial charge in [-0.1, -0.05) is 0 Å². The van der Waals surface area contributed by atoms with Gasteiger partial charge in [0.25, 0.3) is 5.91 Å². The monoisotopic (exact) mass is 398 g/mol. The summed E-state index contributed by atoms with van der Waals surface area (Å²) >= 11 is 0. The number of carbonyl (C=O) groups excluding carboxylic acids is 2. The molecule has 3 rings (SSSR count). The standard InChI is InChI=1S/C21H22N2O6/c1-4-29-21(27)19-11(2)13(7-8-18(24)25)17(22-19)10-15-14-6-5-12(28-3)9-16(14)23-20(15)26/h5-6,9-10,22H,4,7-8H2,1-3H3,(H,23,26)(H,24,25). The van der Waals surface area contributed by atoms with Gasteiger partial charge < -0.3 is 24.9 Å². The van der Waals surface area contributed by atoms with Gasteiger partial charge in [0.15, 0.2) is 0 Å².